The van der Waals surface area contributed by atoms with Gasteiger partial charge >= 0.3 is 0 Å². The Balaban J connectivity index is 2.06. The van der Waals surface area contributed by atoms with Gasteiger partial charge in [-0.15, -0.1) is 0 Å². The van der Waals surface area contributed by atoms with Crippen molar-refractivity contribution in [2.24, 2.45) is 13.0 Å². The fourth-order valence-corrected chi connectivity index (χ4v) is 2.78. The Morgan fingerprint density at radius 2 is 2.05 bits per heavy atom. The molecule has 0 unspecified atom stereocenters. The molecule has 0 saturated heterocycles. The molecule has 1 fully saturated rings. The number of carbonyl (C=O) groups excluding carboxylic acids is 1. The van der Waals surface area contributed by atoms with E-state index < -0.39 is 0 Å². The molecule has 5 nitrogen and oxygen atoms in total. The molecule has 1 saturated carbocycles. The number of carbonyl (C=O) groups is 1. The number of nitrogens with zero attached hydrogens (tertiary/aromatic N) is 2. The van der Waals surface area contributed by atoms with Crippen LogP contribution in [0.15, 0.2) is 0 Å². The van der Waals surface area contributed by atoms with Gasteiger partial charge in [-0.25, -0.2) is 0 Å². The van der Waals surface area contributed by atoms with Crippen LogP contribution in [0.1, 0.15) is 55.7 Å². The van der Waals surface area contributed by atoms with Gasteiger partial charge in [-0.05, 0) is 38.0 Å². The molecular weight excluding hydrogens is 240 g/mol. The first kappa shape index (κ1) is 13.9. The van der Waals surface area contributed by atoms with Gasteiger partial charge in [0, 0.05) is 13.1 Å². The molecule has 3 N–H and O–H groups in total. The van der Waals surface area contributed by atoms with Crippen molar-refractivity contribution >= 4 is 11.6 Å². The SMILES string of the molecule is CCc1nn(C)c(C(=O)NC2CCC(C)CC2)c1N. The van der Waals surface area contributed by atoms with Gasteiger partial charge in [0.25, 0.3) is 5.91 Å². The van der Waals surface area contributed by atoms with Crippen molar-refractivity contribution in [3.8, 4) is 0 Å². The molecule has 0 bridgehead atoms. The van der Waals surface area contributed by atoms with E-state index >= 15 is 0 Å². The summed E-state index contributed by atoms with van der Waals surface area (Å²) in [7, 11) is 1.77. The Hall–Kier alpha value is -1.52. The zero-order valence-corrected chi connectivity index (χ0v) is 12.1. The first-order valence-corrected chi connectivity index (χ1v) is 7.15. The van der Waals surface area contributed by atoms with E-state index in [1.165, 1.54) is 12.8 Å². The van der Waals surface area contributed by atoms with Crippen molar-refractivity contribution in [2.45, 2.75) is 52.0 Å². The van der Waals surface area contributed by atoms with E-state index in [0.717, 1.165) is 30.9 Å². The molecule has 0 aromatic carbocycles. The molecule has 1 aliphatic rings. The number of aromatic nitrogens is 2. The molecule has 0 spiro atoms. The Morgan fingerprint density at radius 1 is 1.42 bits per heavy atom. The van der Waals surface area contributed by atoms with E-state index in [-0.39, 0.29) is 11.9 Å². The van der Waals surface area contributed by atoms with Crippen LogP contribution < -0.4 is 11.1 Å². The first-order valence-electron chi connectivity index (χ1n) is 7.15. The van der Waals surface area contributed by atoms with Crippen molar-refractivity contribution in [2.75, 3.05) is 5.73 Å². The summed E-state index contributed by atoms with van der Waals surface area (Å²) in [4.78, 5) is 12.3. The monoisotopic (exact) mass is 264 g/mol. The van der Waals surface area contributed by atoms with Crippen LogP contribution in [0.2, 0.25) is 0 Å². The lowest BCUT2D eigenvalue weighted by Gasteiger charge is -2.26. The predicted molar refractivity (Wildman–Crippen MR) is 75.9 cm³/mol. The maximum absolute atomic E-state index is 12.3. The zero-order chi connectivity index (χ0) is 14.0. The molecule has 19 heavy (non-hydrogen) atoms. The lowest BCUT2D eigenvalue weighted by atomic mass is 9.87. The van der Waals surface area contributed by atoms with E-state index in [0.29, 0.717) is 11.4 Å². The summed E-state index contributed by atoms with van der Waals surface area (Å²) < 4.78 is 1.59. The van der Waals surface area contributed by atoms with Crippen molar-refractivity contribution < 1.29 is 4.79 Å². The minimum Gasteiger partial charge on any atom is -0.395 e. The van der Waals surface area contributed by atoms with E-state index in [2.05, 4.69) is 17.3 Å². The second-order valence-corrected chi connectivity index (χ2v) is 5.62. The molecule has 1 aromatic heterocycles. The van der Waals surface area contributed by atoms with Crippen molar-refractivity contribution in [3.05, 3.63) is 11.4 Å². The number of anilines is 1. The summed E-state index contributed by atoms with van der Waals surface area (Å²) in [5.74, 6) is 0.688. The van der Waals surface area contributed by atoms with E-state index in [4.69, 9.17) is 5.73 Å². The summed E-state index contributed by atoms with van der Waals surface area (Å²) in [5.41, 5.74) is 7.81. The molecule has 1 aromatic rings. The highest BCUT2D eigenvalue weighted by Gasteiger charge is 2.24. The normalized spacial score (nSPS) is 23.3. The van der Waals surface area contributed by atoms with Crippen molar-refractivity contribution in [3.63, 3.8) is 0 Å². The second-order valence-electron chi connectivity index (χ2n) is 5.62. The smallest absolute Gasteiger partial charge is 0.271 e. The van der Waals surface area contributed by atoms with Crippen LogP contribution in [0.3, 0.4) is 0 Å². The average Bonchev–Trinajstić information content (AvgIpc) is 2.67. The molecule has 2 rings (SSSR count). The van der Waals surface area contributed by atoms with Gasteiger partial charge in [0.2, 0.25) is 0 Å². The van der Waals surface area contributed by atoms with Gasteiger partial charge in [0.05, 0.1) is 11.4 Å². The Bertz CT molecular complexity index is 458. The maximum atomic E-state index is 12.3. The molecule has 5 heteroatoms. The summed E-state index contributed by atoms with van der Waals surface area (Å²) in [6.07, 6.45) is 5.24. The van der Waals surface area contributed by atoms with Gasteiger partial charge in [-0.2, -0.15) is 5.10 Å². The fraction of sp³-hybridized carbons (Fsp3) is 0.714. The second kappa shape index (κ2) is 5.63. The summed E-state index contributed by atoms with van der Waals surface area (Å²) in [6, 6.07) is 0.281. The summed E-state index contributed by atoms with van der Waals surface area (Å²) in [6.45, 7) is 4.26. The molecule has 0 atom stereocenters. The molecule has 1 heterocycles. The number of hydrogen-bond acceptors (Lipinski definition) is 3. The number of hydrogen-bond donors (Lipinski definition) is 2. The van der Waals surface area contributed by atoms with Crippen LogP contribution in [0, 0.1) is 5.92 Å². The molecule has 1 amide bonds. The highest BCUT2D eigenvalue weighted by atomic mass is 16.2. The molecular formula is C14H24N4O. The molecule has 1 aliphatic carbocycles. The van der Waals surface area contributed by atoms with Gasteiger partial charge in [-0.1, -0.05) is 13.8 Å². The number of nitrogens with one attached hydrogen (secondary N) is 1. The standard InChI is InChI=1S/C14H24N4O/c1-4-11-12(15)13(18(3)17-11)14(19)16-10-7-5-9(2)6-8-10/h9-10H,4-8,15H2,1-3H3,(H,16,19). The van der Waals surface area contributed by atoms with Gasteiger partial charge in [-0.3, -0.25) is 9.48 Å². The van der Waals surface area contributed by atoms with Gasteiger partial charge in [0.15, 0.2) is 0 Å². The zero-order valence-electron chi connectivity index (χ0n) is 12.1. The lowest BCUT2D eigenvalue weighted by Crippen LogP contribution is -2.38. The summed E-state index contributed by atoms with van der Waals surface area (Å²) >= 11 is 0. The Morgan fingerprint density at radius 3 is 2.58 bits per heavy atom. The first-order chi connectivity index (χ1) is 9.02. The van der Waals surface area contributed by atoms with Crippen LogP contribution in [0.4, 0.5) is 5.69 Å². The van der Waals surface area contributed by atoms with Crippen LogP contribution in [0.25, 0.3) is 0 Å². The Kier molecular flexibility index (Phi) is 4.12. The van der Waals surface area contributed by atoms with Crippen LogP contribution in [-0.2, 0) is 13.5 Å². The van der Waals surface area contributed by atoms with E-state index in [1.807, 2.05) is 6.92 Å². The van der Waals surface area contributed by atoms with Gasteiger partial charge < -0.3 is 11.1 Å². The third-order valence-electron chi connectivity index (χ3n) is 4.06. The van der Waals surface area contributed by atoms with Crippen molar-refractivity contribution in [1.29, 1.82) is 0 Å². The number of aryl methyl sites for hydroxylation is 2. The average molecular weight is 264 g/mol. The molecule has 0 aliphatic heterocycles. The summed E-state index contributed by atoms with van der Waals surface area (Å²) in [5, 5.41) is 7.38. The number of nitrogen functional groups attached to an aromatic ring is 1. The topological polar surface area (TPSA) is 72.9 Å². The van der Waals surface area contributed by atoms with Gasteiger partial charge in [0.1, 0.15) is 5.69 Å². The van der Waals surface area contributed by atoms with Crippen LogP contribution in [0.5, 0.6) is 0 Å². The van der Waals surface area contributed by atoms with Crippen LogP contribution >= 0.6 is 0 Å². The lowest BCUT2D eigenvalue weighted by molar-refractivity contribution is 0.0914. The predicted octanol–water partition coefficient (Wildman–Crippen LogP) is 1.87. The van der Waals surface area contributed by atoms with E-state index in [9.17, 15) is 4.79 Å². The molecule has 106 valence electrons. The van der Waals surface area contributed by atoms with E-state index in [1.54, 1.807) is 11.7 Å². The number of rotatable bonds is 3. The largest absolute Gasteiger partial charge is 0.395 e. The molecule has 0 radical (unpaired) electrons. The fourth-order valence-electron chi connectivity index (χ4n) is 2.78. The number of amides is 1. The minimum atomic E-state index is -0.0910. The van der Waals surface area contributed by atoms with Crippen molar-refractivity contribution in [1.82, 2.24) is 15.1 Å². The number of nitrogens with two attached hydrogens (primary N) is 1. The third kappa shape index (κ3) is 2.91. The quantitative estimate of drug-likeness (QED) is 0.875. The highest BCUT2D eigenvalue weighted by molar-refractivity contribution is 5.98. The third-order valence-corrected chi connectivity index (χ3v) is 4.06. The Labute approximate surface area is 114 Å². The minimum absolute atomic E-state index is 0.0910. The maximum Gasteiger partial charge on any atom is 0.271 e. The van der Waals surface area contributed by atoms with Crippen LogP contribution in [-0.4, -0.2) is 21.7 Å². The highest BCUT2D eigenvalue weighted by Crippen LogP contribution is 2.24.